The number of carbonyl (C=O) groups is 1. The molecule has 11 heavy (non-hydrogen) atoms. The van der Waals surface area contributed by atoms with Gasteiger partial charge in [0.05, 0.1) is 19.1 Å². The number of ether oxygens (including phenoxy) is 1. The molecule has 66 valence electrons. The lowest BCUT2D eigenvalue weighted by Gasteiger charge is -2.22. The van der Waals surface area contributed by atoms with Gasteiger partial charge < -0.3 is 9.84 Å². The van der Waals surface area contributed by atoms with Crippen molar-refractivity contribution in [2.75, 3.05) is 13.7 Å². The number of aliphatic hydroxyl groups is 1. The summed E-state index contributed by atoms with van der Waals surface area (Å²) in [6, 6.07) is 0. The van der Waals surface area contributed by atoms with Crippen molar-refractivity contribution in [1.29, 1.82) is 0 Å². The molecule has 0 aromatic carbocycles. The summed E-state index contributed by atoms with van der Waals surface area (Å²) in [4.78, 5) is 11.1. The van der Waals surface area contributed by atoms with Crippen molar-refractivity contribution in [2.45, 2.75) is 26.7 Å². The number of esters is 1. The fourth-order valence-electron chi connectivity index (χ4n) is 1.04. The number of rotatable bonds is 4. The number of methoxy groups -OCH3 is 1. The molecule has 0 spiro atoms. The summed E-state index contributed by atoms with van der Waals surface area (Å²) in [5.74, 6) is -0.332. The molecule has 0 heterocycles. The largest absolute Gasteiger partial charge is 0.469 e. The van der Waals surface area contributed by atoms with Crippen LogP contribution in [0.15, 0.2) is 0 Å². The first-order valence-corrected chi connectivity index (χ1v) is 3.80. The molecule has 0 aromatic heterocycles. The van der Waals surface area contributed by atoms with Crippen molar-refractivity contribution >= 4 is 5.97 Å². The normalized spacial score (nSPS) is 15.6. The second-order valence-corrected chi connectivity index (χ2v) is 2.96. The van der Waals surface area contributed by atoms with Crippen LogP contribution < -0.4 is 0 Å². The molecule has 1 N–H and O–H groups in total. The van der Waals surface area contributed by atoms with Gasteiger partial charge in [0.25, 0.3) is 0 Å². The van der Waals surface area contributed by atoms with E-state index in [0.29, 0.717) is 6.42 Å². The molecule has 0 saturated carbocycles. The van der Waals surface area contributed by atoms with Crippen LogP contribution in [0.2, 0.25) is 0 Å². The number of aliphatic hydroxyl groups excluding tert-OH is 1. The van der Waals surface area contributed by atoms with Crippen molar-refractivity contribution in [1.82, 2.24) is 0 Å². The lowest BCUT2D eigenvalue weighted by molar-refractivity contribution is -0.154. The van der Waals surface area contributed by atoms with Crippen molar-refractivity contribution < 1.29 is 14.6 Å². The maximum absolute atomic E-state index is 11.1. The van der Waals surface area contributed by atoms with E-state index in [9.17, 15) is 4.79 Å². The van der Waals surface area contributed by atoms with Crippen LogP contribution in [-0.4, -0.2) is 24.8 Å². The van der Waals surface area contributed by atoms with Crippen molar-refractivity contribution in [3.05, 3.63) is 0 Å². The van der Waals surface area contributed by atoms with Gasteiger partial charge in [-0.25, -0.2) is 0 Å². The third kappa shape index (κ3) is 2.50. The zero-order valence-corrected chi connectivity index (χ0v) is 7.39. The predicted octanol–water partition coefficient (Wildman–Crippen LogP) is 0.958. The summed E-state index contributed by atoms with van der Waals surface area (Å²) in [6.45, 7) is 3.53. The molecule has 0 aromatic rings. The lowest BCUT2D eigenvalue weighted by atomic mass is 9.87. The van der Waals surface area contributed by atoms with Gasteiger partial charge in [-0.1, -0.05) is 13.3 Å². The third-order valence-corrected chi connectivity index (χ3v) is 1.83. The molecule has 0 amide bonds. The highest BCUT2D eigenvalue weighted by Crippen LogP contribution is 2.23. The van der Waals surface area contributed by atoms with Crippen LogP contribution in [0.25, 0.3) is 0 Å². The number of hydrogen-bond acceptors (Lipinski definition) is 3. The van der Waals surface area contributed by atoms with Gasteiger partial charge in [0.1, 0.15) is 0 Å². The Labute approximate surface area is 67.4 Å². The van der Waals surface area contributed by atoms with E-state index in [1.807, 2.05) is 6.92 Å². The minimum atomic E-state index is -0.705. The van der Waals surface area contributed by atoms with Crippen molar-refractivity contribution in [2.24, 2.45) is 5.41 Å². The second-order valence-electron chi connectivity index (χ2n) is 2.96. The molecule has 1 atom stereocenters. The Balaban J connectivity index is 4.19. The predicted molar refractivity (Wildman–Crippen MR) is 42.1 cm³/mol. The van der Waals surface area contributed by atoms with Gasteiger partial charge in [0.15, 0.2) is 0 Å². The average Bonchev–Trinajstić information content (AvgIpc) is 2.03. The lowest BCUT2D eigenvalue weighted by Crippen LogP contribution is -2.32. The molecule has 0 rings (SSSR count). The van der Waals surface area contributed by atoms with Crippen LogP contribution in [0.4, 0.5) is 0 Å². The summed E-state index contributed by atoms with van der Waals surface area (Å²) in [5, 5.41) is 8.92. The first kappa shape index (κ1) is 10.4. The SMILES string of the molecule is CCC[C@@](C)(CO)C(=O)OC. The molecule has 3 nitrogen and oxygen atoms in total. The van der Waals surface area contributed by atoms with Gasteiger partial charge >= 0.3 is 5.97 Å². The highest BCUT2D eigenvalue weighted by atomic mass is 16.5. The first-order chi connectivity index (χ1) is 5.10. The molecule has 0 bridgehead atoms. The van der Waals surface area contributed by atoms with Gasteiger partial charge in [-0.3, -0.25) is 4.79 Å². The van der Waals surface area contributed by atoms with E-state index in [4.69, 9.17) is 5.11 Å². The molecule has 0 saturated heterocycles. The highest BCUT2D eigenvalue weighted by molar-refractivity contribution is 5.76. The maximum atomic E-state index is 11.1. The monoisotopic (exact) mass is 160 g/mol. The van der Waals surface area contributed by atoms with Gasteiger partial charge in [-0.15, -0.1) is 0 Å². The van der Waals surface area contributed by atoms with E-state index < -0.39 is 5.41 Å². The van der Waals surface area contributed by atoms with E-state index in [1.165, 1.54) is 7.11 Å². The van der Waals surface area contributed by atoms with Gasteiger partial charge in [-0.05, 0) is 13.3 Å². The fourth-order valence-corrected chi connectivity index (χ4v) is 1.04. The van der Waals surface area contributed by atoms with Gasteiger partial charge in [-0.2, -0.15) is 0 Å². The van der Waals surface area contributed by atoms with Crippen molar-refractivity contribution in [3.8, 4) is 0 Å². The minimum absolute atomic E-state index is 0.145. The number of hydrogen-bond donors (Lipinski definition) is 1. The molecular formula is C8H16O3. The van der Waals surface area contributed by atoms with Crippen LogP contribution >= 0.6 is 0 Å². The molecule has 0 unspecified atom stereocenters. The summed E-state index contributed by atoms with van der Waals surface area (Å²) < 4.78 is 4.56. The topological polar surface area (TPSA) is 46.5 Å². The van der Waals surface area contributed by atoms with E-state index in [1.54, 1.807) is 6.92 Å². The highest BCUT2D eigenvalue weighted by Gasteiger charge is 2.32. The first-order valence-electron chi connectivity index (χ1n) is 3.80. The van der Waals surface area contributed by atoms with Crippen LogP contribution in [0.5, 0.6) is 0 Å². The zero-order chi connectivity index (χ0) is 8.91. The van der Waals surface area contributed by atoms with E-state index >= 15 is 0 Å². The Hall–Kier alpha value is -0.570. The molecular weight excluding hydrogens is 144 g/mol. The fraction of sp³-hybridized carbons (Fsp3) is 0.875. The number of carbonyl (C=O) groups excluding carboxylic acids is 1. The standard InChI is InChI=1S/C8H16O3/c1-4-5-8(2,6-9)7(10)11-3/h9H,4-6H2,1-3H3/t8-/m0/s1. The summed E-state index contributed by atoms with van der Waals surface area (Å²) >= 11 is 0. The van der Waals surface area contributed by atoms with Crippen molar-refractivity contribution in [3.63, 3.8) is 0 Å². The summed E-state index contributed by atoms with van der Waals surface area (Å²) in [5.41, 5.74) is -0.705. The molecule has 0 radical (unpaired) electrons. The van der Waals surface area contributed by atoms with Crippen LogP contribution in [-0.2, 0) is 9.53 Å². The van der Waals surface area contributed by atoms with Gasteiger partial charge in [0.2, 0.25) is 0 Å². The van der Waals surface area contributed by atoms with Crippen LogP contribution in [0, 0.1) is 5.41 Å². The Morgan fingerprint density at radius 1 is 1.64 bits per heavy atom. The van der Waals surface area contributed by atoms with E-state index in [2.05, 4.69) is 4.74 Å². The summed E-state index contributed by atoms with van der Waals surface area (Å²) in [6.07, 6.45) is 1.53. The Morgan fingerprint density at radius 3 is 2.45 bits per heavy atom. The Bertz CT molecular complexity index is 133. The average molecular weight is 160 g/mol. The summed E-state index contributed by atoms with van der Waals surface area (Å²) in [7, 11) is 1.34. The second kappa shape index (κ2) is 4.34. The Morgan fingerprint density at radius 2 is 2.18 bits per heavy atom. The van der Waals surface area contributed by atoms with E-state index in [-0.39, 0.29) is 12.6 Å². The Kier molecular flexibility index (Phi) is 4.11. The minimum Gasteiger partial charge on any atom is -0.469 e. The third-order valence-electron chi connectivity index (χ3n) is 1.83. The van der Waals surface area contributed by atoms with Crippen LogP contribution in [0.3, 0.4) is 0 Å². The van der Waals surface area contributed by atoms with Crippen LogP contribution in [0.1, 0.15) is 26.7 Å². The molecule has 0 aliphatic carbocycles. The molecule has 0 aliphatic rings. The molecule has 3 heteroatoms. The molecule has 0 aliphatic heterocycles. The maximum Gasteiger partial charge on any atom is 0.313 e. The van der Waals surface area contributed by atoms with E-state index in [0.717, 1.165) is 6.42 Å². The smallest absolute Gasteiger partial charge is 0.313 e. The molecule has 0 fully saturated rings. The quantitative estimate of drug-likeness (QED) is 0.623. The zero-order valence-electron chi connectivity index (χ0n) is 7.39. The van der Waals surface area contributed by atoms with Gasteiger partial charge in [0, 0.05) is 0 Å².